The zero-order chi connectivity index (χ0) is 60.2. The van der Waals surface area contributed by atoms with Crippen molar-refractivity contribution >= 4 is 72.1 Å². The molecule has 0 spiro atoms. The van der Waals surface area contributed by atoms with Crippen LogP contribution in [0.4, 0.5) is 10.2 Å². The Labute approximate surface area is 502 Å². The third kappa shape index (κ3) is 9.58. The molecule has 0 unspecified atom stereocenters. The van der Waals surface area contributed by atoms with Crippen LogP contribution in [0.25, 0.3) is 76.9 Å². The number of β-amino-alcohol motifs (C(OH)–C–C–N with tert-alkyl or cyclic N) is 1. The van der Waals surface area contributed by atoms with Gasteiger partial charge in [-0.05, 0) is 91.5 Å². The quantitative estimate of drug-likeness (QED) is 0.0477. The molecule has 15 rings (SSSR count). The van der Waals surface area contributed by atoms with Crippen LogP contribution in [-0.2, 0) is 27.5 Å². The van der Waals surface area contributed by atoms with Crippen LogP contribution in [0.2, 0.25) is 0 Å². The highest BCUT2D eigenvalue weighted by Gasteiger charge is 2.44. The number of H-pyrrole nitrogens is 3. The standard InChI is InChI=1S/C64H68FN15O8/c1-5-79-51(12-15-69-79)41-11-10-39(44-24-68-75-55(41)44)50(29-81)71-61(83)52-20-37(82)27-78(52)63(85)58(31(2)3)80-28-46-40-9-6-33(18-48(40)70-62(84)57(46)76-80)30-87-59-54(53-32(4)47(65)22-49-45(53)25-67-74-49)42(34-7-8-34)21-43-56(59)72-64(88-38-13-16-86-17-14-38)73-60(43)77-26-35-19-36(77)23-66-35/h6,9-12,15,18,21-22,24-25,28,31,34-38,50,52,58,66,81-82H,5,7-8,13-14,16-17,19-20,23,26-27,29-30H2,1-4H3,(H,67,74)(H,68,75)(H,70,84)(H,71,83)/t35-,36-,37+,50-,52-,58-/m0/s1. The lowest BCUT2D eigenvalue weighted by atomic mass is 9.88. The number of carbonyl (C=O) groups is 2. The predicted molar refractivity (Wildman–Crippen MR) is 326 cm³/mol. The molecule has 10 aromatic rings. The molecule has 7 N–H and O–H groups in total. The second kappa shape index (κ2) is 22.1. The van der Waals surface area contributed by atoms with Gasteiger partial charge in [-0.25, -0.2) is 4.39 Å². The Hall–Kier alpha value is -8.84. The van der Waals surface area contributed by atoms with Crippen LogP contribution in [0.3, 0.4) is 0 Å². The van der Waals surface area contributed by atoms with Gasteiger partial charge in [-0.1, -0.05) is 38.1 Å². The lowest BCUT2D eigenvalue weighted by molar-refractivity contribution is -0.142. The van der Waals surface area contributed by atoms with Crippen molar-refractivity contribution in [1.82, 2.24) is 70.4 Å². The fraction of sp³-hybridized carbons (Fsp3) is 0.422. The normalized spacial score (nSPS) is 20.5. The number of likely N-dealkylation sites (tertiary alicyclic amines) is 1. The molecule has 4 saturated heterocycles. The van der Waals surface area contributed by atoms with E-state index in [1.165, 1.54) is 15.6 Å². The van der Waals surface area contributed by atoms with E-state index in [1.807, 2.05) is 61.9 Å². The number of pyridine rings is 1. The lowest BCUT2D eigenvalue weighted by Crippen LogP contribution is -2.50. The zero-order valence-electron chi connectivity index (χ0n) is 49.2. The fourth-order valence-electron chi connectivity index (χ4n) is 14.2. The van der Waals surface area contributed by atoms with Gasteiger partial charge in [-0.15, -0.1) is 0 Å². The molecule has 6 aromatic heterocycles. The van der Waals surface area contributed by atoms with E-state index >= 15 is 4.39 Å². The fourth-order valence-corrected chi connectivity index (χ4v) is 14.2. The van der Waals surface area contributed by atoms with E-state index in [9.17, 15) is 24.6 Å². The molecule has 88 heavy (non-hydrogen) atoms. The van der Waals surface area contributed by atoms with E-state index in [-0.39, 0.29) is 60.9 Å². The summed E-state index contributed by atoms with van der Waals surface area (Å²) in [7, 11) is 0. The van der Waals surface area contributed by atoms with Gasteiger partial charge in [-0.2, -0.15) is 30.4 Å². The van der Waals surface area contributed by atoms with E-state index in [0.717, 1.165) is 71.3 Å². The Balaban J connectivity index is 0.758. The average Bonchev–Trinajstić information content (AvgIpc) is 1.43. The first-order chi connectivity index (χ1) is 42.8. The minimum atomic E-state index is -1.08. The molecule has 1 saturated carbocycles. The number of rotatable bonds is 17. The maximum absolute atomic E-state index is 16.3. The Bertz CT molecular complexity index is 4470. The smallest absolute Gasteiger partial charge is 0.319 e. The van der Waals surface area contributed by atoms with E-state index in [2.05, 4.69) is 52.1 Å². The molecule has 4 aromatic carbocycles. The molecule has 5 fully saturated rings. The van der Waals surface area contributed by atoms with Crippen molar-refractivity contribution in [3.8, 4) is 34.1 Å². The molecule has 2 amide bonds. The second-order valence-electron chi connectivity index (χ2n) is 24.7. The first kappa shape index (κ1) is 55.7. The summed E-state index contributed by atoms with van der Waals surface area (Å²) < 4.78 is 39.2. The number of aliphatic hydroxyl groups excluding tert-OH is 2. The second-order valence-corrected chi connectivity index (χ2v) is 24.7. The Morgan fingerprint density at radius 1 is 0.909 bits per heavy atom. The summed E-state index contributed by atoms with van der Waals surface area (Å²) in [5.41, 5.74) is 7.90. The largest absolute Gasteiger partial charge is 0.486 e. The van der Waals surface area contributed by atoms with Crippen molar-refractivity contribution < 1.29 is 38.4 Å². The number of aromatic nitrogens is 11. The van der Waals surface area contributed by atoms with Gasteiger partial charge in [0, 0.05) is 119 Å². The molecule has 1 aliphatic carbocycles. The first-order valence-electron chi connectivity index (χ1n) is 30.6. The number of aryl methyl sites for hydroxylation is 1. The maximum Gasteiger partial charge on any atom is 0.319 e. The minimum absolute atomic E-state index is 0.0216. The van der Waals surface area contributed by atoms with Crippen LogP contribution in [0.5, 0.6) is 11.8 Å². The van der Waals surface area contributed by atoms with E-state index in [1.54, 1.807) is 31.7 Å². The SMILES string of the molecule is CCn1nccc1-c1ccc([C@H](CO)NC(=O)[C@@H]2C[C@@H](O)CN2C(=O)[C@H](C(C)C)n2cc3c(n2)c(=O)[nH]c2cc(COc4c(-c5c(C)c(F)cc6[nH]ncc56)c(C5CC5)cc5c(N6C[C@@H]7C[C@H]6CN7)nc(OC6CCOCC6)nc45)ccc23)c2cn[nH]c12. The number of piperazine rings is 1. The number of nitrogens with one attached hydrogen (secondary N) is 5. The van der Waals surface area contributed by atoms with Gasteiger partial charge in [-0.3, -0.25) is 33.9 Å². The zero-order valence-corrected chi connectivity index (χ0v) is 49.2. The third-order valence-electron chi connectivity index (χ3n) is 18.7. The molecule has 6 atom stereocenters. The van der Waals surface area contributed by atoms with Gasteiger partial charge < -0.3 is 49.8 Å². The minimum Gasteiger partial charge on any atom is -0.486 e. The third-order valence-corrected chi connectivity index (χ3v) is 18.7. The molecule has 5 aliphatic rings. The number of halogens is 1. The van der Waals surface area contributed by atoms with Gasteiger partial charge >= 0.3 is 6.01 Å². The van der Waals surface area contributed by atoms with Crippen molar-refractivity contribution in [2.75, 3.05) is 44.4 Å². The summed E-state index contributed by atoms with van der Waals surface area (Å²) in [4.78, 5) is 60.9. The van der Waals surface area contributed by atoms with Crippen LogP contribution in [0.15, 0.2) is 78.1 Å². The van der Waals surface area contributed by atoms with Crippen LogP contribution >= 0.6 is 0 Å². The van der Waals surface area contributed by atoms with Crippen LogP contribution in [0, 0.1) is 18.7 Å². The van der Waals surface area contributed by atoms with Gasteiger partial charge in [0.15, 0.2) is 11.3 Å². The number of hydrogen-bond acceptors (Lipinski definition) is 16. The summed E-state index contributed by atoms with van der Waals surface area (Å²) >= 11 is 0. The number of hydrogen-bond donors (Lipinski definition) is 7. The van der Waals surface area contributed by atoms with Crippen LogP contribution < -0.4 is 30.6 Å². The van der Waals surface area contributed by atoms with E-state index in [4.69, 9.17) is 29.3 Å². The Morgan fingerprint density at radius 2 is 1.74 bits per heavy atom. The van der Waals surface area contributed by atoms with Crippen LogP contribution in [-0.4, -0.2) is 152 Å². The highest BCUT2D eigenvalue weighted by Crippen LogP contribution is 2.54. The number of benzene rings is 4. The number of fused-ring (bicyclic) bond motifs is 8. The lowest BCUT2D eigenvalue weighted by Gasteiger charge is -2.31. The summed E-state index contributed by atoms with van der Waals surface area (Å²) in [5, 5.41) is 55.9. The Morgan fingerprint density at radius 3 is 2.51 bits per heavy atom. The molecule has 0 radical (unpaired) electrons. The number of anilines is 1. The summed E-state index contributed by atoms with van der Waals surface area (Å²) in [6, 6.07) is 12.9. The van der Waals surface area contributed by atoms with Gasteiger partial charge in [0.2, 0.25) is 11.8 Å². The number of aromatic amines is 3. The van der Waals surface area contributed by atoms with E-state index < -0.39 is 48.2 Å². The van der Waals surface area contributed by atoms with Crippen molar-refractivity contribution in [2.24, 2.45) is 5.92 Å². The number of nitrogens with zero attached hydrogens (tertiary/aromatic N) is 10. The number of ether oxygens (including phenoxy) is 3. The molecular formula is C64H68FN15O8. The number of amides is 2. The molecule has 2 bridgehead atoms. The van der Waals surface area contributed by atoms with Crippen molar-refractivity contribution in [3.63, 3.8) is 0 Å². The monoisotopic (exact) mass is 1190 g/mol. The molecule has 454 valence electrons. The van der Waals surface area contributed by atoms with Gasteiger partial charge in [0.1, 0.15) is 41.9 Å². The molecule has 10 heterocycles. The number of aliphatic hydroxyl groups is 2. The molecule has 4 aliphatic heterocycles. The highest BCUT2D eigenvalue weighted by atomic mass is 19.1. The average molecular weight is 1190 g/mol. The van der Waals surface area contributed by atoms with E-state index in [0.29, 0.717) is 105 Å². The summed E-state index contributed by atoms with van der Waals surface area (Å²) in [6.45, 7) is 10.4. The van der Waals surface area contributed by atoms with Crippen LogP contribution in [0.1, 0.15) is 99.6 Å². The predicted octanol–water partition coefficient (Wildman–Crippen LogP) is 7.14. The van der Waals surface area contributed by atoms with Crippen molar-refractivity contribution in [3.05, 3.63) is 112 Å². The highest BCUT2D eigenvalue weighted by molar-refractivity contribution is 6.07. The maximum atomic E-state index is 16.3. The van der Waals surface area contributed by atoms with Crippen molar-refractivity contribution in [1.29, 1.82) is 0 Å². The summed E-state index contributed by atoms with van der Waals surface area (Å²) in [5.74, 6) is -0.353. The van der Waals surface area contributed by atoms with Gasteiger partial charge in [0.05, 0.1) is 61.1 Å². The first-order valence-corrected chi connectivity index (χ1v) is 30.6. The molecule has 23 nitrogen and oxygen atoms in total. The molecule has 24 heteroatoms. The summed E-state index contributed by atoms with van der Waals surface area (Å²) in [6.07, 6.45) is 9.90. The van der Waals surface area contributed by atoms with Gasteiger partial charge in [0.25, 0.3) is 5.56 Å². The Kier molecular flexibility index (Phi) is 14.0. The number of carbonyl (C=O) groups excluding carboxylic acids is 2. The topological polar surface area (TPSA) is 284 Å². The van der Waals surface area contributed by atoms with Crippen molar-refractivity contribution in [2.45, 2.75) is 128 Å². The molecular weight excluding hydrogens is 1130 g/mol.